The molecule has 17 atom stereocenters. The average molecular weight is 1150 g/mol. The highest BCUT2D eigenvalue weighted by atomic mass is 16.8. The summed E-state index contributed by atoms with van der Waals surface area (Å²) in [6.45, 7) is 1.59. The Morgan fingerprint density at radius 3 is 1.18 bits per heavy atom. The third kappa shape index (κ3) is 28.2. The number of ether oxygens (including phenoxy) is 6. The van der Waals surface area contributed by atoms with Crippen LogP contribution in [0.4, 0.5) is 0 Å². The van der Waals surface area contributed by atoms with Crippen molar-refractivity contribution in [3.8, 4) is 0 Å². The van der Waals surface area contributed by atoms with Gasteiger partial charge in [-0.05, 0) is 19.3 Å². The van der Waals surface area contributed by atoms with Crippen LogP contribution in [0.15, 0.2) is 12.2 Å². The topological polar surface area (TPSA) is 307 Å². The molecule has 0 aliphatic carbocycles. The largest absolute Gasteiger partial charge is 0.394 e. The number of allylic oxidation sites excluding steroid dienone is 1. The molecule has 3 saturated heterocycles. The van der Waals surface area contributed by atoms with Gasteiger partial charge in [-0.3, -0.25) is 4.79 Å². The molecule has 3 aliphatic heterocycles. The summed E-state index contributed by atoms with van der Waals surface area (Å²) in [5, 5.41) is 120. The molecule has 3 heterocycles. The first-order chi connectivity index (χ1) is 38.8. The second-order valence-corrected chi connectivity index (χ2v) is 23.2. The molecule has 3 rings (SSSR count). The van der Waals surface area contributed by atoms with Crippen molar-refractivity contribution < 1.29 is 89.4 Å². The van der Waals surface area contributed by atoms with Gasteiger partial charge in [0.25, 0.3) is 0 Å². The number of carbonyl (C=O) groups excluding carboxylic acids is 1. The Labute approximate surface area is 480 Å². The van der Waals surface area contributed by atoms with E-state index in [-0.39, 0.29) is 18.9 Å². The van der Waals surface area contributed by atoms with Crippen molar-refractivity contribution in [2.24, 2.45) is 0 Å². The van der Waals surface area contributed by atoms with Crippen LogP contribution in [-0.4, -0.2) is 193 Å². The van der Waals surface area contributed by atoms with Gasteiger partial charge < -0.3 is 89.9 Å². The second kappa shape index (κ2) is 44.9. The lowest BCUT2D eigenvalue weighted by atomic mass is 9.96. The minimum absolute atomic E-state index is 0.237. The number of hydrogen-bond donors (Lipinski definition) is 12. The average Bonchev–Trinajstić information content (AvgIpc) is 3.46. The first-order valence-electron chi connectivity index (χ1n) is 31.9. The molecule has 19 heteroatoms. The molecule has 0 radical (unpaired) electrons. The Balaban J connectivity index is 1.31. The number of nitrogens with one attached hydrogen (secondary N) is 1. The number of aliphatic hydroxyl groups is 11. The number of hydrogen-bond acceptors (Lipinski definition) is 18. The van der Waals surface area contributed by atoms with Crippen molar-refractivity contribution in [2.45, 2.75) is 343 Å². The predicted octanol–water partition coefficient (Wildman–Crippen LogP) is 6.55. The van der Waals surface area contributed by atoms with Gasteiger partial charge in [0.15, 0.2) is 18.9 Å². The van der Waals surface area contributed by atoms with E-state index in [1.807, 2.05) is 6.08 Å². The number of carbonyl (C=O) groups is 1. The molecule has 1 amide bonds. The van der Waals surface area contributed by atoms with Crippen LogP contribution in [0.3, 0.4) is 0 Å². The number of amides is 1. The molecule has 0 spiro atoms. The summed E-state index contributed by atoms with van der Waals surface area (Å²) >= 11 is 0. The van der Waals surface area contributed by atoms with Crippen molar-refractivity contribution in [3.05, 3.63) is 12.2 Å². The summed E-state index contributed by atoms with van der Waals surface area (Å²) in [7, 11) is 0. The van der Waals surface area contributed by atoms with Crippen molar-refractivity contribution in [1.82, 2.24) is 5.32 Å². The van der Waals surface area contributed by atoms with Crippen molar-refractivity contribution in [1.29, 1.82) is 0 Å². The van der Waals surface area contributed by atoms with E-state index in [2.05, 4.69) is 19.2 Å². The summed E-state index contributed by atoms with van der Waals surface area (Å²) in [6.07, 6.45) is 20.4. The molecule has 0 aromatic carbocycles. The first-order valence-corrected chi connectivity index (χ1v) is 31.9. The van der Waals surface area contributed by atoms with E-state index in [9.17, 15) is 61.0 Å². The van der Waals surface area contributed by atoms with Gasteiger partial charge in [0.1, 0.15) is 73.2 Å². The first kappa shape index (κ1) is 72.8. The molecule has 80 heavy (non-hydrogen) atoms. The van der Waals surface area contributed by atoms with Crippen LogP contribution in [0, 0.1) is 0 Å². The Morgan fingerprint density at radius 1 is 0.438 bits per heavy atom. The lowest BCUT2D eigenvalue weighted by Crippen LogP contribution is -2.66. The van der Waals surface area contributed by atoms with Gasteiger partial charge in [-0.25, -0.2) is 0 Å². The monoisotopic (exact) mass is 1150 g/mol. The van der Waals surface area contributed by atoms with E-state index in [0.29, 0.717) is 6.42 Å². The third-order valence-electron chi connectivity index (χ3n) is 16.3. The maximum atomic E-state index is 13.0. The van der Waals surface area contributed by atoms with Crippen LogP contribution < -0.4 is 5.32 Å². The quantitative estimate of drug-likeness (QED) is 0.0227. The summed E-state index contributed by atoms with van der Waals surface area (Å²) in [4.78, 5) is 13.0. The zero-order chi connectivity index (χ0) is 58.3. The molecule has 19 nitrogen and oxygen atoms in total. The van der Waals surface area contributed by atoms with Crippen LogP contribution >= 0.6 is 0 Å². The minimum atomic E-state index is -1.97. The van der Waals surface area contributed by atoms with Crippen molar-refractivity contribution in [2.75, 3.05) is 26.4 Å². The lowest BCUT2D eigenvalue weighted by molar-refractivity contribution is -0.379. The Morgan fingerprint density at radius 2 is 0.775 bits per heavy atom. The molecule has 0 bridgehead atoms. The Hall–Kier alpha value is -1.47. The van der Waals surface area contributed by atoms with E-state index in [0.717, 1.165) is 44.9 Å². The van der Waals surface area contributed by atoms with E-state index < -0.39 is 124 Å². The highest BCUT2D eigenvalue weighted by Crippen LogP contribution is 2.33. The number of rotatable bonds is 48. The zero-order valence-corrected chi connectivity index (χ0v) is 49.3. The van der Waals surface area contributed by atoms with Gasteiger partial charge in [-0.2, -0.15) is 0 Å². The summed E-state index contributed by atoms with van der Waals surface area (Å²) in [5.74, 6) is -0.292. The summed E-state index contributed by atoms with van der Waals surface area (Å²) in [6, 6.07) is -0.964. The fourth-order valence-corrected chi connectivity index (χ4v) is 11.1. The SMILES string of the molecule is CCCCCCCCCCCCCCCCCCCCCCCCCCCCCCC/C=C/C(O)C(COC1OC(CO)C(OC2OC(CO)C(OC3OC(CO)C(O)C(O)C3O)C(O)C2O)C(O)C1O)NC(=O)CCCCCC. The van der Waals surface area contributed by atoms with Gasteiger partial charge in [0.05, 0.1) is 38.6 Å². The molecule has 17 unspecified atom stereocenters. The molecular formula is C61H115NO18. The predicted molar refractivity (Wildman–Crippen MR) is 305 cm³/mol. The fourth-order valence-electron chi connectivity index (χ4n) is 11.1. The second-order valence-electron chi connectivity index (χ2n) is 23.2. The van der Waals surface area contributed by atoms with Gasteiger partial charge in [-0.1, -0.05) is 225 Å². The highest BCUT2D eigenvalue weighted by molar-refractivity contribution is 5.76. The fraction of sp³-hybridized carbons (Fsp3) is 0.951. The summed E-state index contributed by atoms with van der Waals surface area (Å²) < 4.78 is 34.1. The Kier molecular flexibility index (Phi) is 40.9. The zero-order valence-electron chi connectivity index (χ0n) is 49.3. The van der Waals surface area contributed by atoms with Gasteiger partial charge in [0.2, 0.25) is 5.91 Å². The van der Waals surface area contributed by atoms with Crippen LogP contribution in [0.5, 0.6) is 0 Å². The molecule has 472 valence electrons. The number of aliphatic hydroxyl groups excluding tert-OH is 11. The third-order valence-corrected chi connectivity index (χ3v) is 16.3. The smallest absolute Gasteiger partial charge is 0.220 e. The molecule has 0 aromatic rings. The maximum absolute atomic E-state index is 13.0. The molecular weight excluding hydrogens is 1030 g/mol. The summed E-state index contributed by atoms with van der Waals surface area (Å²) in [5.41, 5.74) is 0. The van der Waals surface area contributed by atoms with Crippen LogP contribution in [0.1, 0.15) is 239 Å². The van der Waals surface area contributed by atoms with Crippen LogP contribution in [0.2, 0.25) is 0 Å². The normalized spacial score (nSPS) is 30.0. The van der Waals surface area contributed by atoms with Crippen molar-refractivity contribution >= 4 is 5.91 Å². The molecule has 12 N–H and O–H groups in total. The Bertz CT molecular complexity index is 1510. The van der Waals surface area contributed by atoms with Gasteiger partial charge >= 0.3 is 0 Å². The standard InChI is InChI=1S/C61H115NO18/c1-3-5-7-9-10-11-12-13-14-15-16-17-18-19-20-21-22-23-24-25-26-27-28-29-30-31-32-33-34-35-36-38-45(66)44(62-49(67)39-37-8-6-4-2)43-75-59-55(73)52(70)57(47(41-64)77-59)80-61-56(74)53(71)58(48(42-65)78-61)79-60-54(72)51(69)50(68)46(40-63)76-60/h36,38,44-48,50-61,63-66,68-74H,3-35,37,39-43H2,1-2H3,(H,62,67)/b38-36+. The lowest BCUT2D eigenvalue weighted by Gasteiger charge is -2.48. The number of unbranched alkanes of at least 4 members (excludes halogenated alkanes) is 32. The van der Waals surface area contributed by atoms with E-state index in [4.69, 9.17) is 28.4 Å². The molecule has 3 fully saturated rings. The maximum Gasteiger partial charge on any atom is 0.220 e. The van der Waals surface area contributed by atoms with E-state index >= 15 is 0 Å². The van der Waals surface area contributed by atoms with Crippen LogP contribution in [0.25, 0.3) is 0 Å². The van der Waals surface area contributed by atoms with Gasteiger partial charge in [-0.15, -0.1) is 0 Å². The van der Waals surface area contributed by atoms with E-state index in [1.54, 1.807) is 6.08 Å². The van der Waals surface area contributed by atoms with E-state index in [1.165, 1.54) is 167 Å². The molecule has 0 saturated carbocycles. The van der Waals surface area contributed by atoms with Crippen molar-refractivity contribution in [3.63, 3.8) is 0 Å². The minimum Gasteiger partial charge on any atom is -0.394 e. The molecule has 3 aliphatic rings. The van der Waals surface area contributed by atoms with Crippen LogP contribution in [-0.2, 0) is 33.2 Å². The highest BCUT2D eigenvalue weighted by Gasteiger charge is 2.53. The molecule has 0 aromatic heterocycles. The van der Waals surface area contributed by atoms with Gasteiger partial charge in [0, 0.05) is 6.42 Å².